The predicted molar refractivity (Wildman–Crippen MR) is 131 cm³/mol. The van der Waals surface area contributed by atoms with Crippen LogP contribution in [0.15, 0.2) is 66.1 Å². The van der Waals surface area contributed by atoms with Crippen LogP contribution < -0.4 is 14.5 Å². The number of nitrogens with one attached hydrogen (secondary N) is 2. The topological polar surface area (TPSA) is 107 Å². The van der Waals surface area contributed by atoms with Crippen LogP contribution in [0, 0.1) is 0 Å². The minimum atomic E-state index is -3.47. The van der Waals surface area contributed by atoms with E-state index in [4.69, 9.17) is 0 Å². The first-order valence-corrected chi connectivity index (χ1v) is 11.8. The Bertz CT molecular complexity index is 1350. The molecule has 1 fully saturated rings. The number of anilines is 2. The van der Waals surface area contributed by atoms with Gasteiger partial charge in [-0.25, -0.2) is 23.1 Å². The highest BCUT2D eigenvalue weighted by Crippen LogP contribution is 2.29. The maximum absolute atomic E-state index is 12.2. The van der Waals surface area contributed by atoms with Crippen molar-refractivity contribution in [1.82, 2.24) is 24.9 Å². The molecule has 2 aromatic heterocycles. The van der Waals surface area contributed by atoms with Crippen LogP contribution in [0.4, 0.5) is 11.5 Å². The monoisotopic (exact) mass is 465 g/mol. The summed E-state index contributed by atoms with van der Waals surface area (Å²) >= 11 is 0. The Kier molecular flexibility index (Phi) is 6.30. The molecule has 4 aromatic rings. The van der Waals surface area contributed by atoms with Crippen LogP contribution in [0.3, 0.4) is 0 Å². The van der Waals surface area contributed by atoms with Crippen LogP contribution >= 0.6 is 0 Å². The lowest BCUT2D eigenvalue weighted by Gasteiger charge is -2.37. The molecule has 2 N–H and O–H groups in total. The van der Waals surface area contributed by atoms with Crippen LogP contribution in [0.1, 0.15) is 7.43 Å². The second kappa shape index (κ2) is 9.16. The first-order chi connectivity index (χ1) is 15.5. The van der Waals surface area contributed by atoms with Crippen LogP contribution in [0.2, 0.25) is 0 Å². The largest absolute Gasteiger partial charge is 0.368 e. The number of piperazine rings is 1. The van der Waals surface area contributed by atoms with E-state index in [1.165, 1.54) is 7.05 Å². The number of hydrogen-bond acceptors (Lipinski definition) is 7. The summed E-state index contributed by atoms with van der Waals surface area (Å²) in [6, 6.07) is 13.2. The molecule has 0 atom stereocenters. The van der Waals surface area contributed by atoms with E-state index in [1.807, 2.05) is 24.4 Å². The van der Waals surface area contributed by atoms with Gasteiger partial charge in [0.1, 0.15) is 12.1 Å². The first-order valence-electron chi connectivity index (χ1n) is 10.3. The molecule has 5 rings (SSSR count). The van der Waals surface area contributed by atoms with Crippen LogP contribution in [-0.4, -0.2) is 61.8 Å². The van der Waals surface area contributed by atoms with Gasteiger partial charge in [0.2, 0.25) is 10.0 Å². The third-order valence-corrected chi connectivity index (χ3v) is 7.20. The van der Waals surface area contributed by atoms with Gasteiger partial charge in [0, 0.05) is 49.0 Å². The van der Waals surface area contributed by atoms with Crippen molar-refractivity contribution < 1.29 is 8.42 Å². The number of aromatic nitrogens is 4. The molecule has 0 unspecified atom stereocenters. The van der Waals surface area contributed by atoms with Crippen molar-refractivity contribution in [2.75, 3.05) is 43.0 Å². The second-order valence-electron chi connectivity index (χ2n) is 7.60. The van der Waals surface area contributed by atoms with Gasteiger partial charge in [0.05, 0.1) is 16.6 Å². The Morgan fingerprint density at radius 2 is 1.76 bits per heavy atom. The number of hydrogen-bond donors (Lipinski definition) is 2. The first kappa shape index (κ1) is 22.7. The van der Waals surface area contributed by atoms with E-state index in [0.717, 1.165) is 59.7 Å². The van der Waals surface area contributed by atoms with Gasteiger partial charge in [0.15, 0.2) is 0 Å². The Hall–Kier alpha value is -3.50. The van der Waals surface area contributed by atoms with Gasteiger partial charge >= 0.3 is 0 Å². The van der Waals surface area contributed by atoms with Crippen molar-refractivity contribution in [3.05, 3.63) is 61.2 Å². The molecule has 0 bridgehead atoms. The fourth-order valence-electron chi connectivity index (χ4n) is 4.03. The molecular weight excluding hydrogens is 438 g/mol. The quantitative estimate of drug-likeness (QED) is 0.467. The summed E-state index contributed by atoms with van der Waals surface area (Å²) in [5.41, 5.74) is 3.87. The average Bonchev–Trinajstić information content (AvgIpc) is 3.39. The van der Waals surface area contributed by atoms with E-state index in [-0.39, 0.29) is 12.3 Å². The summed E-state index contributed by atoms with van der Waals surface area (Å²) in [6.07, 6.45) is 5.27. The third kappa shape index (κ3) is 4.39. The predicted octanol–water partition coefficient (Wildman–Crippen LogP) is 2.89. The number of aromatic amines is 1. The van der Waals surface area contributed by atoms with Gasteiger partial charge in [-0.15, -0.1) is 0 Å². The molecule has 0 amide bonds. The number of benzene rings is 2. The standard InChI is InChI=1S/C22H23N7O2S.CH4/c1-23-32(30,31)19-4-2-3-18(12-19)28-7-9-29(10-8-28)22-20-11-16(17-13-26-27-14-17)5-6-21(20)24-15-25-22;/h2-6,11-15,23H,7-10H2,1H3,(H,26,27);1H4. The van der Waals surface area contributed by atoms with Gasteiger partial charge in [-0.1, -0.05) is 19.6 Å². The lowest BCUT2D eigenvalue weighted by Crippen LogP contribution is -2.47. The molecule has 1 saturated heterocycles. The van der Waals surface area contributed by atoms with Gasteiger partial charge in [-0.3, -0.25) is 5.10 Å². The summed E-state index contributed by atoms with van der Waals surface area (Å²) in [4.78, 5) is 13.8. The van der Waals surface area contributed by atoms with E-state index >= 15 is 0 Å². The summed E-state index contributed by atoms with van der Waals surface area (Å²) < 4.78 is 26.7. The Labute approximate surface area is 193 Å². The van der Waals surface area contributed by atoms with Gasteiger partial charge in [-0.2, -0.15) is 5.10 Å². The van der Waals surface area contributed by atoms with E-state index in [2.05, 4.69) is 40.8 Å². The Morgan fingerprint density at radius 1 is 0.970 bits per heavy atom. The van der Waals surface area contributed by atoms with Crippen molar-refractivity contribution in [2.45, 2.75) is 12.3 Å². The SMILES string of the molecule is C.CNS(=O)(=O)c1cccc(N2CCN(c3ncnc4ccc(-c5cn[nH]c5)cc34)CC2)c1. The fraction of sp³-hybridized carbons (Fsp3) is 0.261. The zero-order valence-corrected chi connectivity index (χ0v) is 18.4. The van der Waals surface area contributed by atoms with Gasteiger partial charge in [0.25, 0.3) is 0 Å². The third-order valence-electron chi connectivity index (χ3n) is 5.79. The number of nitrogens with zero attached hydrogens (tertiary/aromatic N) is 5. The Morgan fingerprint density at radius 3 is 2.48 bits per heavy atom. The molecule has 2 aromatic carbocycles. The van der Waals surface area contributed by atoms with Gasteiger partial charge in [-0.05, 0) is 42.9 Å². The van der Waals surface area contributed by atoms with E-state index in [0.29, 0.717) is 0 Å². The minimum absolute atomic E-state index is 0. The highest BCUT2D eigenvalue weighted by molar-refractivity contribution is 7.89. The summed E-state index contributed by atoms with van der Waals surface area (Å²) in [7, 11) is -2.05. The summed E-state index contributed by atoms with van der Waals surface area (Å²) in [5, 5.41) is 7.90. The second-order valence-corrected chi connectivity index (χ2v) is 9.48. The maximum atomic E-state index is 12.2. The maximum Gasteiger partial charge on any atom is 0.240 e. The van der Waals surface area contributed by atoms with Gasteiger partial charge < -0.3 is 9.80 Å². The van der Waals surface area contributed by atoms with E-state index in [9.17, 15) is 8.42 Å². The molecule has 10 heteroatoms. The van der Waals surface area contributed by atoms with Crippen molar-refractivity contribution in [2.24, 2.45) is 0 Å². The van der Waals surface area contributed by atoms with Crippen molar-refractivity contribution in [1.29, 1.82) is 0 Å². The zero-order valence-electron chi connectivity index (χ0n) is 17.6. The molecular formula is C23H27N7O2S. The molecule has 9 nitrogen and oxygen atoms in total. The highest BCUT2D eigenvalue weighted by Gasteiger charge is 2.22. The number of rotatable bonds is 5. The Balaban J connectivity index is 0.00000259. The highest BCUT2D eigenvalue weighted by atomic mass is 32.2. The summed E-state index contributed by atoms with van der Waals surface area (Å²) in [5.74, 6) is 0.909. The molecule has 0 saturated carbocycles. The van der Waals surface area contributed by atoms with Crippen LogP contribution in [0.5, 0.6) is 0 Å². The van der Waals surface area contributed by atoms with Crippen LogP contribution in [0.25, 0.3) is 22.0 Å². The van der Waals surface area contributed by atoms with Crippen LogP contribution in [-0.2, 0) is 10.0 Å². The number of sulfonamides is 1. The molecule has 33 heavy (non-hydrogen) atoms. The number of fused-ring (bicyclic) bond motifs is 1. The molecule has 0 spiro atoms. The molecule has 0 aliphatic carbocycles. The smallest absolute Gasteiger partial charge is 0.240 e. The zero-order chi connectivity index (χ0) is 22.1. The van der Waals surface area contributed by atoms with Crippen molar-refractivity contribution >= 4 is 32.4 Å². The lowest BCUT2D eigenvalue weighted by atomic mass is 10.1. The molecule has 3 heterocycles. The molecule has 0 radical (unpaired) electrons. The molecule has 1 aliphatic heterocycles. The molecule has 1 aliphatic rings. The van der Waals surface area contributed by atoms with E-state index in [1.54, 1.807) is 30.7 Å². The average molecular weight is 466 g/mol. The lowest BCUT2D eigenvalue weighted by molar-refractivity contribution is 0.588. The van der Waals surface area contributed by atoms with Crippen molar-refractivity contribution in [3.63, 3.8) is 0 Å². The minimum Gasteiger partial charge on any atom is -0.368 e. The number of H-pyrrole nitrogens is 1. The normalized spacial score (nSPS) is 14.3. The van der Waals surface area contributed by atoms with Crippen molar-refractivity contribution in [3.8, 4) is 11.1 Å². The van der Waals surface area contributed by atoms with E-state index < -0.39 is 10.0 Å². The fourth-order valence-corrected chi connectivity index (χ4v) is 4.79. The summed E-state index contributed by atoms with van der Waals surface area (Å²) in [6.45, 7) is 3.06. The molecule has 172 valence electrons.